The largest absolute Gasteiger partial charge is 0.353 e. The molecule has 1 unspecified atom stereocenters. The Labute approximate surface area is 88.3 Å². The van der Waals surface area contributed by atoms with Crippen LogP contribution in [0, 0.1) is 5.92 Å². The van der Waals surface area contributed by atoms with Gasteiger partial charge < -0.3 is 5.32 Å². The van der Waals surface area contributed by atoms with Crippen LogP contribution < -0.4 is 5.32 Å². The van der Waals surface area contributed by atoms with Crippen LogP contribution >= 0.6 is 11.3 Å². The zero-order valence-electron chi connectivity index (χ0n) is 8.32. The second kappa shape index (κ2) is 4.13. The molecule has 2 nitrogen and oxygen atoms in total. The molecule has 1 aromatic heterocycles. The number of carbonyl (C=O) groups excluding carboxylic acids is 1. The predicted molar refractivity (Wildman–Crippen MR) is 58.4 cm³/mol. The Balaban J connectivity index is 1.78. The van der Waals surface area contributed by atoms with E-state index < -0.39 is 0 Å². The topological polar surface area (TPSA) is 29.1 Å². The Morgan fingerprint density at radius 3 is 3.07 bits per heavy atom. The summed E-state index contributed by atoms with van der Waals surface area (Å²) < 4.78 is 0. The molecule has 1 aliphatic carbocycles. The highest BCUT2D eigenvalue weighted by Gasteiger charge is 2.28. The predicted octanol–water partition coefficient (Wildman–Crippen LogP) is 2.21. The van der Waals surface area contributed by atoms with E-state index in [0.717, 1.165) is 10.8 Å². The summed E-state index contributed by atoms with van der Waals surface area (Å²) >= 11 is 1.64. The van der Waals surface area contributed by atoms with Gasteiger partial charge in [0.25, 0.3) is 0 Å². The van der Waals surface area contributed by atoms with Crippen LogP contribution in [0.2, 0.25) is 0 Å². The first-order chi connectivity index (χ1) is 6.75. The molecule has 1 heterocycles. The van der Waals surface area contributed by atoms with Crippen LogP contribution in [0.4, 0.5) is 0 Å². The van der Waals surface area contributed by atoms with Gasteiger partial charge in [-0.3, -0.25) is 4.79 Å². The van der Waals surface area contributed by atoms with Crippen LogP contribution in [0.5, 0.6) is 0 Å². The molecule has 1 atom stereocenters. The van der Waals surface area contributed by atoms with Crippen molar-refractivity contribution in [2.75, 3.05) is 0 Å². The molecule has 1 fully saturated rings. The SMILES string of the molecule is CC(NC(=O)Cc1cccs1)C1CC1. The lowest BCUT2D eigenvalue weighted by molar-refractivity contribution is -0.121. The van der Waals surface area contributed by atoms with E-state index in [9.17, 15) is 4.79 Å². The van der Waals surface area contributed by atoms with Gasteiger partial charge in [-0.2, -0.15) is 0 Å². The number of hydrogen-bond acceptors (Lipinski definition) is 2. The molecule has 1 aromatic rings. The van der Waals surface area contributed by atoms with Crippen LogP contribution in [-0.2, 0) is 11.2 Å². The molecular weight excluding hydrogens is 194 g/mol. The summed E-state index contributed by atoms with van der Waals surface area (Å²) in [4.78, 5) is 12.7. The molecule has 0 spiro atoms. The van der Waals surface area contributed by atoms with Crippen molar-refractivity contribution in [3.63, 3.8) is 0 Å². The first kappa shape index (κ1) is 9.71. The van der Waals surface area contributed by atoms with Crippen molar-refractivity contribution < 1.29 is 4.79 Å². The average molecular weight is 209 g/mol. The lowest BCUT2D eigenvalue weighted by atomic mass is 10.2. The van der Waals surface area contributed by atoms with Gasteiger partial charge in [0, 0.05) is 10.9 Å². The third kappa shape index (κ3) is 2.58. The van der Waals surface area contributed by atoms with Crippen molar-refractivity contribution in [3.05, 3.63) is 22.4 Å². The standard InChI is InChI=1S/C11H15NOS/c1-8(9-4-5-9)12-11(13)7-10-3-2-6-14-10/h2-3,6,8-9H,4-5,7H2,1H3,(H,12,13). The highest BCUT2D eigenvalue weighted by Crippen LogP contribution is 2.32. The van der Waals surface area contributed by atoms with Gasteiger partial charge in [-0.15, -0.1) is 11.3 Å². The lowest BCUT2D eigenvalue weighted by Crippen LogP contribution is -2.34. The summed E-state index contributed by atoms with van der Waals surface area (Å²) in [6.45, 7) is 2.10. The maximum absolute atomic E-state index is 11.5. The molecule has 76 valence electrons. The molecule has 0 aliphatic heterocycles. The summed E-state index contributed by atoms with van der Waals surface area (Å²) in [5.41, 5.74) is 0. The lowest BCUT2D eigenvalue weighted by Gasteiger charge is -2.11. The molecule has 3 heteroatoms. The van der Waals surface area contributed by atoms with Crippen molar-refractivity contribution in [1.82, 2.24) is 5.32 Å². The third-order valence-corrected chi connectivity index (χ3v) is 3.51. The van der Waals surface area contributed by atoms with Gasteiger partial charge in [-0.25, -0.2) is 0 Å². The van der Waals surface area contributed by atoms with Crippen LogP contribution in [0.15, 0.2) is 17.5 Å². The monoisotopic (exact) mass is 209 g/mol. The molecule has 1 saturated carbocycles. The number of hydrogen-bond donors (Lipinski definition) is 1. The normalized spacial score (nSPS) is 17.8. The van der Waals surface area contributed by atoms with Crippen LogP contribution in [0.3, 0.4) is 0 Å². The van der Waals surface area contributed by atoms with Crippen LogP contribution in [-0.4, -0.2) is 11.9 Å². The van der Waals surface area contributed by atoms with Crippen molar-refractivity contribution in [2.45, 2.75) is 32.2 Å². The second-order valence-electron chi connectivity index (χ2n) is 3.95. The molecule has 14 heavy (non-hydrogen) atoms. The Morgan fingerprint density at radius 2 is 2.50 bits per heavy atom. The maximum atomic E-state index is 11.5. The zero-order valence-corrected chi connectivity index (χ0v) is 9.14. The molecular formula is C11H15NOS. The highest BCUT2D eigenvalue weighted by molar-refractivity contribution is 7.10. The van der Waals surface area contributed by atoms with Gasteiger partial charge in [-0.1, -0.05) is 6.07 Å². The number of carbonyl (C=O) groups is 1. The summed E-state index contributed by atoms with van der Waals surface area (Å²) in [5.74, 6) is 0.897. The third-order valence-electron chi connectivity index (χ3n) is 2.63. The van der Waals surface area contributed by atoms with E-state index in [-0.39, 0.29) is 5.91 Å². The molecule has 1 aliphatic rings. The molecule has 2 rings (SSSR count). The first-order valence-corrected chi connectivity index (χ1v) is 5.95. The maximum Gasteiger partial charge on any atom is 0.225 e. The highest BCUT2D eigenvalue weighted by atomic mass is 32.1. The molecule has 0 aromatic carbocycles. The van der Waals surface area contributed by atoms with Gasteiger partial charge in [-0.05, 0) is 37.1 Å². The molecule has 0 bridgehead atoms. The number of thiophene rings is 1. The van der Waals surface area contributed by atoms with Crippen molar-refractivity contribution in [1.29, 1.82) is 0 Å². The van der Waals surface area contributed by atoms with Crippen molar-refractivity contribution in [2.24, 2.45) is 5.92 Å². The van der Waals surface area contributed by atoms with Gasteiger partial charge in [0.1, 0.15) is 0 Å². The second-order valence-corrected chi connectivity index (χ2v) is 4.98. The van der Waals surface area contributed by atoms with Crippen molar-refractivity contribution >= 4 is 17.2 Å². The van der Waals surface area contributed by atoms with Crippen LogP contribution in [0.25, 0.3) is 0 Å². The smallest absolute Gasteiger partial charge is 0.225 e. The van der Waals surface area contributed by atoms with E-state index in [1.165, 1.54) is 12.8 Å². The number of nitrogens with one attached hydrogen (secondary N) is 1. The molecule has 0 saturated heterocycles. The average Bonchev–Trinajstić information content (AvgIpc) is 2.87. The van der Waals surface area contributed by atoms with Gasteiger partial charge >= 0.3 is 0 Å². The zero-order chi connectivity index (χ0) is 9.97. The number of amides is 1. The minimum absolute atomic E-state index is 0.159. The minimum atomic E-state index is 0.159. The van der Waals surface area contributed by atoms with Crippen molar-refractivity contribution in [3.8, 4) is 0 Å². The van der Waals surface area contributed by atoms with E-state index >= 15 is 0 Å². The number of rotatable bonds is 4. The van der Waals surface area contributed by atoms with E-state index in [1.54, 1.807) is 11.3 Å². The summed E-state index contributed by atoms with van der Waals surface area (Å²) in [6.07, 6.45) is 3.09. The van der Waals surface area contributed by atoms with Gasteiger partial charge in [0.05, 0.1) is 6.42 Å². The molecule has 1 N–H and O–H groups in total. The van der Waals surface area contributed by atoms with E-state index in [0.29, 0.717) is 12.5 Å². The fourth-order valence-electron chi connectivity index (χ4n) is 1.59. The molecule has 1 amide bonds. The first-order valence-electron chi connectivity index (χ1n) is 5.07. The summed E-state index contributed by atoms with van der Waals surface area (Å²) in [6, 6.07) is 4.35. The van der Waals surface area contributed by atoms with E-state index in [2.05, 4.69) is 12.2 Å². The Hall–Kier alpha value is -0.830. The fraction of sp³-hybridized carbons (Fsp3) is 0.545. The Bertz CT molecular complexity index is 303. The Kier molecular flexibility index (Phi) is 2.87. The summed E-state index contributed by atoms with van der Waals surface area (Å²) in [7, 11) is 0. The van der Waals surface area contributed by atoms with E-state index in [4.69, 9.17) is 0 Å². The Morgan fingerprint density at radius 1 is 1.71 bits per heavy atom. The summed E-state index contributed by atoms with van der Waals surface area (Å²) in [5, 5.41) is 5.05. The van der Waals surface area contributed by atoms with Gasteiger partial charge in [0.2, 0.25) is 5.91 Å². The minimum Gasteiger partial charge on any atom is -0.353 e. The van der Waals surface area contributed by atoms with Gasteiger partial charge in [0.15, 0.2) is 0 Å². The van der Waals surface area contributed by atoms with E-state index in [1.807, 2.05) is 17.5 Å². The quantitative estimate of drug-likeness (QED) is 0.809. The molecule has 0 radical (unpaired) electrons. The van der Waals surface area contributed by atoms with Crippen LogP contribution in [0.1, 0.15) is 24.6 Å². The fourth-order valence-corrected chi connectivity index (χ4v) is 2.29.